The Morgan fingerprint density at radius 1 is 0.509 bits per heavy atom. The fourth-order valence-corrected chi connectivity index (χ4v) is 8.66. The minimum absolute atomic E-state index is 0.0309. The smallest absolute Gasteiger partial charge is 0.0714 e. The van der Waals surface area contributed by atoms with Crippen molar-refractivity contribution in [1.82, 2.24) is 0 Å². The molecule has 0 amide bonds. The summed E-state index contributed by atoms with van der Waals surface area (Å²) >= 11 is 0. The van der Waals surface area contributed by atoms with Crippen LogP contribution in [0.2, 0.25) is 0 Å². The Bertz CT molecular complexity index is 3130. The predicted molar refractivity (Wildman–Crippen MR) is 234 cm³/mol. The molecule has 0 radical (unpaired) electrons. The SMILES string of the molecule is [2H]C=C(C[2H])c1c([2H])c([2H])c(N(c2cccc(-c3cc4ccccc4c4ccccc34)c2)c2ccc3c(c2)C(c2ccccc2)(c2ccccc2)c2ccccc2-3)c([2H])c1[2H]. The normalized spacial score (nSPS) is 14.6. The quantitative estimate of drug-likeness (QED) is 0.149. The molecule has 260 valence electrons. The van der Waals surface area contributed by atoms with Crippen LogP contribution < -0.4 is 4.90 Å². The topological polar surface area (TPSA) is 3.24 Å². The number of hydrogen-bond acceptors (Lipinski definition) is 1. The van der Waals surface area contributed by atoms with Crippen molar-refractivity contribution in [3.63, 3.8) is 0 Å². The molecular weight excluding hydrogens is 663 g/mol. The van der Waals surface area contributed by atoms with Gasteiger partial charge in [0.25, 0.3) is 0 Å². The maximum atomic E-state index is 9.59. The summed E-state index contributed by atoms with van der Waals surface area (Å²) in [6.45, 7) is 0.606. The van der Waals surface area contributed by atoms with Gasteiger partial charge in [0.2, 0.25) is 0 Å². The fourth-order valence-electron chi connectivity index (χ4n) is 8.66. The van der Waals surface area contributed by atoms with Crippen LogP contribution in [0.15, 0.2) is 213 Å². The summed E-state index contributed by atoms with van der Waals surface area (Å²) in [7, 11) is 0. The standard InChI is InChI=1S/C54H39N/c1-37(2)38-28-30-43(31-29-38)55(44-22-15-17-39(34-44)51-35-40-16-9-10-23-46(40)47-24-11-12-25-48(47)51)45-32-33-50-49-26-13-14-27-52(49)54(53(50)36-45,41-18-5-3-6-19-41)42-20-7-4-8-21-42/h3-36H,1H2,2H3/i1D,2D,28D,29D,30D,31D. The molecule has 1 aliphatic rings. The Morgan fingerprint density at radius 2 is 1.15 bits per heavy atom. The van der Waals surface area contributed by atoms with E-state index in [-0.39, 0.29) is 47.9 Å². The zero-order valence-corrected chi connectivity index (χ0v) is 30.1. The summed E-state index contributed by atoms with van der Waals surface area (Å²) in [5.41, 5.74) is 9.28. The van der Waals surface area contributed by atoms with Crippen molar-refractivity contribution >= 4 is 44.2 Å². The molecule has 0 heterocycles. The van der Waals surface area contributed by atoms with Gasteiger partial charge in [-0.3, -0.25) is 0 Å². The highest BCUT2D eigenvalue weighted by atomic mass is 15.1. The van der Waals surface area contributed by atoms with E-state index in [0.717, 1.165) is 72.6 Å². The van der Waals surface area contributed by atoms with Crippen molar-refractivity contribution in [1.29, 1.82) is 0 Å². The molecule has 0 aromatic heterocycles. The van der Waals surface area contributed by atoms with Gasteiger partial charge < -0.3 is 4.90 Å². The van der Waals surface area contributed by atoms with Gasteiger partial charge in [0.1, 0.15) is 0 Å². The first kappa shape index (κ1) is 26.7. The van der Waals surface area contributed by atoms with Gasteiger partial charge in [-0.05, 0) is 121 Å². The monoisotopic (exact) mass is 707 g/mol. The van der Waals surface area contributed by atoms with E-state index in [0.29, 0.717) is 11.4 Å². The van der Waals surface area contributed by atoms with Crippen LogP contribution in [-0.4, -0.2) is 0 Å². The highest BCUT2D eigenvalue weighted by Gasteiger charge is 2.46. The molecule has 1 heteroatoms. The second-order valence-electron chi connectivity index (χ2n) is 14.1. The van der Waals surface area contributed by atoms with Crippen LogP contribution in [0.25, 0.3) is 49.4 Å². The highest BCUT2D eigenvalue weighted by Crippen LogP contribution is 2.57. The number of fused-ring (bicyclic) bond motifs is 6. The Hall–Kier alpha value is -6.96. The van der Waals surface area contributed by atoms with Crippen molar-refractivity contribution in [2.24, 2.45) is 0 Å². The van der Waals surface area contributed by atoms with Gasteiger partial charge in [0, 0.05) is 18.4 Å². The Labute approximate surface area is 331 Å². The summed E-state index contributed by atoms with van der Waals surface area (Å²) < 4.78 is 53.7. The lowest BCUT2D eigenvalue weighted by molar-refractivity contribution is 0.768. The molecule has 9 aromatic carbocycles. The van der Waals surface area contributed by atoms with Gasteiger partial charge >= 0.3 is 0 Å². The summed E-state index contributed by atoms with van der Waals surface area (Å²) in [4.78, 5) is 1.85. The van der Waals surface area contributed by atoms with E-state index in [4.69, 9.17) is 2.74 Å². The van der Waals surface area contributed by atoms with Crippen molar-refractivity contribution in [3.05, 3.63) is 241 Å². The minimum Gasteiger partial charge on any atom is -0.310 e. The summed E-state index contributed by atoms with van der Waals surface area (Å²) in [6, 6.07) is 61.8. The molecule has 0 saturated carbocycles. The maximum Gasteiger partial charge on any atom is 0.0714 e. The zero-order chi connectivity index (χ0) is 41.8. The van der Waals surface area contributed by atoms with Crippen molar-refractivity contribution in [2.45, 2.75) is 12.3 Å². The zero-order valence-electron chi connectivity index (χ0n) is 36.1. The number of allylic oxidation sites excluding steroid dienone is 1. The van der Waals surface area contributed by atoms with Crippen LogP contribution >= 0.6 is 0 Å². The lowest BCUT2D eigenvalue weighted by Crippen LogP contribution is -2.28. The molecule has 0 spiro atoms. The van der Waals surface area contributed by atoms with E-state index in [1.807, 2.05) is 47.4 Å². The van der Waals surface area contributed by atoms with Crippen molar-refractivity contribution in [2.75, 3.05) is 4.90 Å². The molecular formula is C54H39N. The summed E-state index contributed by atoms with van der Waals surface area (Å²) in [5, 5.41) is 4.50. The van der Waals surface area contributed by atoms with Crippen LogP contribution in [-0.2, 0) is 5.41 Å². The Morgan fingerprint density at radius 3 is 1.89 bits per heavy atom. The van der Waals surface area contributed by atoms with Crippen molar-refractivity contribution in [3.8, 4) is 22.3 Å². The average Bonchev–Trinajstić information content (AvgIpc) is 3.61. The summed E-state index contributed by atoms with van der Waals surface area (Å²) in [5.74, 6) is 0. The second kappa shape index (κ2) is 13.2. The Balaban J connectivity index is 1.28. The van der Waals surface area contributed by atoms with Crippen LogP contribution in [0.1, 0.15) is 42.9 Å². The van der Waals surface area contributed by atoms with Crippen molar-refractivity contribution < 1.29 is 8.22 Å². The van der Waals surface area contributed by atoms with E-state index < -0.39 is 5.41 Å². The third-order valence-corrected chi connectivity index (χ3v) is 11.0. The van der Waals surface area contributed by atoms with Crippen LogP contribution in [0, 0.1) is 0 Å². The first-order valence-corrected chi connectivity index (χ1v) is 18.5. The molecule has 0 bridgehead atoms. The lowest BCUT2D eigenvalue weighted by Gasteiger charge is -2.35. The van der Waals surface area contributed by atoms with Gasteiger partial charge in [0.15, 0.2) is 0 Å². The molecule has 0 unspecified atom stereocenters. The van der Waals surface area contributed by atoms with Crippen LogP contribution in [0.4, 0.5) is 17.1 Å². The molecule has 0 N–H and O–H groups in total. The number of benzene rings is 9. The van der Waals surface area contributed by atoms with Gasteiger partial charge in [-0.15, -0.1) is 0 Å². The minimum atomic E-state index is -0.720. The Kier molecular flexibility index (Phi) is 6.40. The number of nitrogens with zero attached hydrogens (tertiary/aromatic N) is 1. The number of anilines is 3. The molecule has 0 saturated heterocycles. The van der Waals surface area contributed by atoms with E-state index in [1.54, 1.807) is 0 Å². The van der Waals surface area contributed by atoms with E-state index in [2.05, 4.69) is 140 Å². The molecule has 1 aliphatic carbocycles. The third-order valence-electron chi connectivity index (χ3n) is 11.0. The maximum absolute atomic E-state index is 9.59. The lowest BCUT2D eigenvalue weighted by atomic mass is 9.67. The predicted octanol–water partition coefficient (Wildman–Crippen LogP) is 14.5. The van der Waals surface area contributed by atoms with Gasteiger partial charge in [-0.2, -0.15) is 0 Å². The summed E-state index contributed by atoms with van der Waals surface area (Å²) in [6.07, 6.45) is 0. The molecule has 0 fully saturated rings. The molecule has 1 nitrogen and oxygen atoms in total. The third kappa shape index (κ3) is 5.23. The van der Waals surface area contributed by atoms with E-state index >= 15 is 0 Å². The van der Waals surface area contributed by atoms with Gasteiger partial charge in [0.05, 0.1) is 12.3 Å². The number of hydrogen-bond donors (Lipinski definition) is 0. The molecule has 9 aromatic rings. The largest absolute Gasteiger partial charge is 0.310 e. The number of rotatable bonds is 7. The molecule has 0 aliphatic heterocycles. The van der Waals surface area contributed by atoms with Crippen LogP contribution in [0.5, 0.6) is 0 Å². The highest BCUT2D eigenvalue weighted by molar-refractivity contribution is 6.14. The molecule has 0 atom stereocenters. The van der Waals surface area contributed by atoms with E-state index in [1.165, 1.54) is 0 Å². The average molecular weight is 708 g/mol. The second-order valence-corrected chi connectivity index (χ2v) is 14.1. The molecule has 10 rings (SSSR count). The van der Waals surface area contributed by atoms with E-state index in [9.17, 15) is 5.48 Å². The molecule has 55 heavy (non-hydrogen) atoms. The van der Waals surface area contributed by atoms with Crippen LogP contribution in [0.3, 0.4) is 0 Å². The first-order chi connectivity index (χ1) is 29.9. The van der Waals surface area contributed by atoms with Gasteiger partial charge in [-0.1, -0.05) is 176 Å². The van der Waals surface area contributed by atoms with Gasteiger partial charge in [-0.25, -0.2) is 0 Å². The first-order valence-electron chi connectivity index (χ1n) is 21.8. The fraction of sp³-hybridized carbons (Fsp3) is 0.0370.